The number of nitrogens with zero attached hydrogens (tertiary/aromatic N) is 1. The van der Waals surface area contributed by atoms with Gasteiger partial charge in [0.05, 0.1) is 0 Å². The van der Waals surface area contributed by atoms with Crippen molar-refractivity contribution >= 4 is 0 Å². The molecule has 1 heterocycles. The predicted molar refractivity (Wildman–Crippen MR) is 54.0 cm³/mol. The molecule has 72 valence electrons. The molecular weight excluding hydrogens is 153 g/mol. The maximum atomic E-state index is 4.15. The van der Waals surface area contributed by atoms with Crippen molar-refractivity contribution in [1.82, 2.24) is 4.90 Å². The summed E-state index contributed by atoms with van der Waals surface area (Å²) in [6, 6.07) is 0. The molecule has 1 aliphatic rings. The van der Waals surface area contributed by atoms with Crippen LogP contribution in [0.4, 0.5) is 0 Å². The normalized spacial score (nSPS) is 20.5. The smallest absolute Gasteiger partial charge is 0.337 e. The second-order valence-corrected chi connectivity index (χ2v) is 4.85. The standard InChI is InChI=1S/C11H22N.Li/c1-11(2,3)10-12-8-6-4-5-7-9-12;/h1,4-10H2,2-3H3;/q-1;+1. The molecule has 0 aliphatic carbocycles. The Bertz CT molecular complexity index is 121. The molecule has 0 aromatic rings. The Morgan fingerprint density at radius 2 is 1.54 bits per heavy atom. The number of rotatable bonds is 2. The van der Waals surface area contributed by atoms with E-state index in [0.29, 0.717) is 0 Å². The van der Waals surface area contributed by atoms with Gasteiger partial charge in [-0.25, -0.2) is 0 Å². The van der Waals surface area contributed by atoms with E-state index in [2.05, 4.69) is 25.7 Å². The molecule has 1 aliphatic heterocycles. The maximum absolute atomic E-state index is 4.15. The average molecular weight is 175 g/mol. The van der Waals surface area contributed by atoms with Crippen LogP contribution < -0.4 is 18.9 Å². The van der Waals surface area contributed by atoms with Crippen LogP contribution in [-0.4, -0.2) is 24.5 Å². The summed E-state index contributed by atoms with van der Waals surface area (Å²) >= 11 is 0. The van der Waals surface area contributed by atoms with E-state index in [1.807, 2.05) is 0 Å². The summed E-state index contributed by atoms with van der Waals surface area (Å²) in [7, 11) is 0. The van der Waals surface area contributed by atoms with Gasteiger partial charge in [-0.2, -0.15) is 5.41 Å². The maximum Gasteiger partial charge on any atom is 1.00 e. The third-order valence-corrected chi connectivity index (χ3v) is 2.35. The minimum atomic E-state index is 0. The fourth-order valence-corrected chi connectivity index (χ4v) is 1.90. The molecule has 0 N–H and O–H groups in total. The first-order chi connectivity index (χ1) is 5.58. The molecule has 0 spiro atoms. The molecule has 0 amide bonds. The molecule has 0 radical (unpaired) electrons. The molecular formula is C11H22LiN. The van der Waals surface area contributed by atoms with Gasteiger partial charge in [0, 0.05) is 0 Å². The van der Waals surface area contributed by atoms with Crippen LogP contribution in [0.2, 0.25) is 0 Å². The van der Waals surface area contributed by atoms with Crippen molar-refractivity contribution in [3.63, 3.8) is 0 Å². The predicted octanol–water partition coefficient (Wildman–Crippen LogP) is -0.273. The monoisotopic (exact) mass is 175 g/mol. The first-order valence-corrected chi connectivity index (χ1v) is 5.16. The van der Waals surface area contributed by atoms with Crippen molar-refractivity contribution in [3.05, 3.63) is 6.92 Å². The molecule has 0 saturated carbocycles. The van der Waals surface area contributed by atoms with Crippen molar-refractivity contribution in [3.8, 4) is 0 Å². The Balaban J connectivity index is 0.00000144. The minimum Gasteiger partial charge on any atom is -0.337 e. The molecule has 1 rings (SSSR count). The summed E-state index contributed by atoms with van der Waals surface area (Å²) in [6.45, 7) is 12.3. The van der Waals surface area contributed by atoms with Gasteiger partial charge >= 0.3 is 18.9 Å². The van der Waals surface area contributed by atoms with Crippen molar-refractivity contribution < 1.29 is 18.9 Å². The van der Waals surface area contributed by atoms with Gasteiger partial charge in [0.15, 0.2) is 0 Å². The van der Waals surface area contributed by atoms with Crippen molar-refractivity contribution in [1.29, 1.82) is 0 Å². The fourth-order valence-electron chi connectivity index (χ4n) is 1.90. The first-order valence-electron chi connectivity index (χ1n) is 5.16. The molecule has 0 atom stereocenters. The largest absolute Gasteiger partial charge is 1.00 e. The van der Waals surface area contributed by atoms with Gasteiger partial charge in [0.2, 0.25) is 0 Å². The first kappa shape index (κ1) is 13.6. The van der Waals surface area contributed by atoms with Crippen LogP contribution in [0.15, 0.2) is 0 Å². The summed E-state index contributed by atoms with van der Waals surface area (Å²) in [4.78, 5) is 2.57. The van der Waals surface area contributed by atoms with E-state index < -0.39 is 0 Å². The number of hydrogen-bond acceptors (Lipinski definition) is 1. The zero-order valence-corrected chi connectivity index (χ0v) is 9.60. The molecule has 0 aromatic carbocycles. The summed E-state index contributed by atoms with van der Waals surface area (Å²) in [6.07, 6.45) is 5.62. The molecule has 0 aromatic heterocycles. The molecule has 0 unspecified atom stereocenters. The van der Waals surface area contributed by atoms with E-state index in [-0.39, 0.29) is 24.3 Å². The van der Waals surface area contributed by atoms with Crippen molar-refractivity contribution in [2.75, 3.05) is 19.6 Å². The van der Waals surface area contributed by atoms with Gasteiger partial charge < -0.3 is 11.8 Å². The fraction of sp³-hybridized carbons (Fsp3) is 0.909. The second-order valence-electron chi connectivity index (χ2n) is 4.85. The molecule has 1 fully saturated rings. The summed E-state index contributed by atoms with van der Waals surface area (Å²) in [5, 5.41) is 0. The Morgan fingerprint density at radius 3 is 1.92 bits per heavy atom. The van der Waals surface area contributed by atoms with Gasteiger partial charge in [-0.05, 0) is 32.5 Å². The van der Waals surface area contributed by atoms with Crippen LogP contribution in [0.1, 0.15) is 39.5 Å². The van der Waals surface area contributed by atoms with Gasteiger partial charge in [0.25, 0.3) is 0 Å². The Hall–Kier alpha value is 0.557. The Morgan fingerprint density at radius 1 is 1.08 bits per heavy atom. The van der Waals surface area contributed by atoms with E-state index in [4.69, 9.17) is 0 Å². The third kappa shape index (κ3) is 6.60. The molecule has 1 nitrogen and oxygen atoms in total. The minimum absolute atomic E-state index is 0. The van der Waals surface area contributed by atoms with E-state index in [1.54, 1.807) is 0 Å². The number of hydrogen-bond donors (Lipinski definition) is 0. The van der Waals surface area contributed by atoms with Crippen molar-refractivity contribution in [2.24, 2.45) is 5.41 Å². The van der Waals surface area contributed by atoms with Crippen LogP contribution in [0, 0.1) is 12.3 Å². The molecule has 13 heavy (non-hydrogen) atoms. The zero-order valence-electron chi connectivity index (χ0n) is 9.60. The third-order valence-electron chi connectivity index (χ3n) is 2.35. The van der Waals surface area contributed by atoms with Crippen molar-refractivity contribution in [2.45, 2.75) is 39.5 Å². The molecule has 2 heteroatoms. The van der Waals surface area contributed by atoms with Crippen LogP contribution in [0.5, 0.6) is 0 Å². The van der Waals surface area contributed by atoms with E-state index >= 15 is 0 Å². The van der Waals surface area contributed by atoms with Gasteiger partial charge in [-0.15, -0.1) is 0 Å². The number of likely N-dealkylation sites (tertiary alicyclic amines) is 1. The van der Waals surface area contributed by atoms with Crippen LogP contribution >= 0.6 is 0 Å². The quantitative estimate of drug-likeness (QED) is 0.412. The summed E-state index contributed by atoms with van der Waals surface area (Å²) < 4.78 is 0. The SMILES string of the molecule is [CH2-]C(C)(C)CN1CCCCCC1.[Li+]. The second kappa shape index (κ2) is 6.12. The van der Waals surface area contributed by atoms with Gasteiger partial charge in [-0.1, -0.05) is 26.7 Å². The molecule has 1 saturated heterocycles. The van der Waals surface area contributed by atoms with E-state index in [9.17, 15) is 0 Å². The summed E-state index contributed by atoms with van der Waals surface area (Å²) in [5.74, 6) is 0. The van der Waals surface area contributed by atoms with E-state index in [0.717, 1.165) is 6.54 Å². The Kier molecular flexibility index (Phi) is 6.38. The average Bonchev–Trinajstić information content (AvgIpc) is 2.12. The zero-order chi connectivity index (χ0) is 9.03. The van der Waals surface area contributed by atoms with Crippen LogP contribution in [-0.2, 0) is 0 Å². The topological polar surface area (TPSA) is 3.24 Å². The van der Waals surface area contributed by atoms with Crippen LogP contribution in [0.3, 0.4) is 0 Å². The summed E-state index contributed by atoms with van der Waals surface area (Å²) in [5.41, 5.74) is 0.227. The van der Waals surface area contributed by atoms with Crippen LogP contribution in [0.25, 0.3) is 0 Å². The van der Waals surface area contributed by atoms with Gasteiger partial charge in [-0.3, -0.25) is 0 Å². The van der Waals surface area contributed by atoms with Gasteiger partial charge in [0.1, 0.15) is 0 Å². The Labute approximate surface area is 95.4 Å². The van der Waals surface area contributed by atoms with E-state index in [1.165, 1.54) is 38.8 Å². The molecule has 0 bridgehead atoms.